The zero-order chi connectivity index (χ0) is 11.4. The van der Waals surface area contributed by atoms with Crippen LogP contribution in [0.1, 0.15) is 6.42 Å². The van der Waals surface area contributed by atoms with Gasteiger partial charge in [-0.2, -0.15) is 0 Å². The van der Waals surface area contributed by atoms with Crippen LogP contribution >= 0.6 is 0 Å². The lowest BCUT2D eigenvalue weighted by Gasteiger charge is -2.11. The fourth-order valence-corrected chi connectivity index (χ4v) is 1.58. The maximum atomic E-state index is 11.5. The molecule has 1 heterocycles. The summed E-state index contributed by atoms with van der Waals surface area (Å²) < 4.78 is 0. The van der Waals surface area contributed by atoms with E-state index in [0.717, 1.165) is 5.69 Å². The minimum absolute atomic E-state index is 0.0231. The Labute approximate surface area is 93.2 Å². The molecule has 1 atom stereocenters. The van der Waals surface area contributed by atoms with Crippen LogP contribution in [0, 0.1) is 0 Å². The monoisotopic (exact) mass is 219 g/mol. The van der Waals surface area contributed by atoms with Crippen molar-refractivity contribution in [2.45, 2.75) is 12.5 Å². The highest BCUT2D eigenvalue weighted by atomic mass is 16.2. The normalized spacial score (nSPS) is 19.0. The van der Waals surface area contributed by atoms with E-state index in [1.54, 1.807) is 12.1 Å². The number of carbonyl (C=O) groups excluding carboxylic acids is 2. The molecule has 5 heteroatoms. The van der Waals surface area contributed by atoms with Gasteiger partial charge < -0.3 is 16.0 Å². The Hall–Kier alpha value is -2.04. The Kier molecular flexibility index (Phi) is 3.05. The zero-order valence-corrected chi connectivity index (χ0v) is 8.69. The molecule has 1 aliphatic rings. The largest absolute Gasteiger partial charge is 0.354 e. The van der Waals surface area contributed by atoms with E-state index in [0.29, 0.717) is 13.0 Å². The van der Waals surface area contributed by atoms with Gasteiger partial charge in [0.05, 0.1) is 6.04 Å². The molecule has 5 nitrogen and oxygen atoms in total. The summed E-state index contributed by atoms with van der Waals surface area (Å²) in [4.78, 5) is 22.4. The van der Waals surface area contributed by atoms with Gasteiger partial charge in [-0.1, -0.05) is 18.2 Å². The zero-order valence-electron chi connectivity index (χ0n) is 8.69. The van der Waals surface area contributed by atoms with Crippen molar-refractivity contribution in [1.29, 1.82) is 0 Å². The summed E-state index contributed by atoms with van der Waals surface area (Å²) in [5, 5.41) is 8.08. The van der Waals surface area contributed by atoms with E-state index >= 15 is 0 Å². The van der Waals surface area contributed by atoms with Crippen LogP contribution in [0.2, 0.25) is 0 Å². The molecule has 16 heavy (non-hydrogen) atoms. The first-order valence-electron chi connectivity index (χ1n) is 5.13. The average Bonchev–Trinajstić information content (AvgIpc) is 2.65. The minimum Gasteiger partial charge on any atom is -0.354 e. The third-order valence-electron chi connectivity index (χ3n) is 2.34. The second-order valence-corrected chi connectivity index (χ2v) is 3.67. The van der Waals surface area contributed by atoms with Gasteiger partial charge in [-0.3, -0.25) is 4.79 Å². The fourth-order valence-electron chi connectivity index (χ4n) is 1.58. The molecule has 2 rings (SSSR count). The maximum Gasteiger partial charge on any atom is 0.319 e. The van der Waals surface area contributed by atoms with Crippen LogP contribution < -0.4 is 16.0 Å². The number of urea groups is 1. The smallest absolute Gasteiger partial charge is 0.319 e. The van der Waals surface area contributed by atoms with Crippen molar-refractivity contribution in [1.82, 2.24) is 10.6 Å². The first kappa shape index (κ1) is 10.5. The molecular formula is C11H13N3O2. The second-order valence-electron chi connectivity index (χ2n) is 3.67. The van der Waals surface area contributed by atoms with Gasteiger partial charge in [-0.05, 0) is 12.1 Å². The Morgan fingerprint density at radius 3 is 2.69 bits per heavy atom. The van der Waals surface area contributed by atoms with E-state index in [9.17, 15) is 9.59 Å². The molecular weight excluding hydrogens is 206 g/mol. The molecule has 1 aromatic carbocycles. The van der Waals surface area contributed by atoms with E-state index in [-0.39, 0.29) is 18.0 Å². The number of carbonyl (C=O) groups is 2. The van der Waals surface area contributed by atoms with E-state index in [2.05, 4.69) is 16.0 Å². The summed E-state index contributed by atoms with van der Waals surface area (Å²) in [6.07, 6.45) is 0.349. The number of anilines is 1. The first-order valence-corrected chi connectivity index (χ1v) is 5.13. The molecule has 1 aliphatic heterocycles. The fraction of sp³-hybridized carbons (Fsp3) is 0.273. The molecule has 0 saturated carbocycles. The number of hydrogen-bond donors (Lipinski definition) is 3. The molecule has 0 aromatic heterocycles. The summed E-state index contributed by atoms with van der Waals surface area (Å²) in [6.45, 7) is 0.501. The summed E-state index contributed by atoms with van der Waals surface area (Å²) in [5.74, 6) is -0.0231. The van der Waals surface area contributed by atoms with Gasteiger partial charge in [0.2, 0.25) is 5.91 Å². The van der Waals surface area contributed by atoms with Gasteiger partial charge in [-0.25, -0.2) is 4.79 Å². The summed E-state index contributed by atoms with van der Waals surface area (Å²) >= 11 is 0. The molecule has 0 bridgehead atoms. The Balaban J connectivity index is 1.83. The molecule has 0 radical (unpaired) electrons. The predicted octanol–water partition coefficient (Wildman–Crippen LogP) is 0.697. The highest BCUT2D eigenvalue weighted by Gasteiger charge is 2.22. The van der Waals surface area contributed by atoms with Crippen LogP contribution in [0.15, 0.2) is 30.3 Å². The summed E-state index contributed by atoms with van der Waals surface area (Å²) in [7, 11) is 0. The molecule has 1 saturated heterocycles. The highest BCUT2D eigenvalue weighted by molar-refractivity contribution is 5.90. The molecule has 0 aliphatic carbocycles. The average molecular weight is 219 g/mol. The number of rotatable bonds is 2. The van der Waals surface area contributed by atoms with E-state index in [1.807, 2.05) is 18.2 Å². The number of amides is 3. The number of para-hydroxylation sites is 1. The standard InChI is InChI=1S/C11H13N3O2/c15-10-6-9(7-12-10)14-11(16)13-8-4-2-1-3-5-8/h1-5,9H,6-7H2,(H,12,15)(H2,13,14,16)/t9-/m1/s1. The van der Waals surface area contributed by atoms with Crippen LogP contribution in [0.3, 0.4) is 0 Å². The lowest BCUT2D eigenvalue weighted by atomic mass is 10.2. The summed E-state index contributed by atoms with van der Waals surface area (Å²) in [6, 6.07) is 8.77. The van der Waals surface area contributed by atoms with E-state index in [4.69, 9.17) is 0 Å². The third kappa shape index (κ3) is 2.73. The van der Waals surface area contributed by atoms with Gasteiger partial charge in [0, 0.05) is 18.7 Å². The maximum absolute atomic E-state index is 11.5. The molecule has 0 spiro atoms. The highest BCUT2D eigenvalue weighted by Crippen LogP contribution is 2.05. The molecule has 84 valence electrons. The summed E-state index contributed by atoms with van der Waals surface area (Å²) in [5.41, 5.74) is 0.734. The van der Waals surface area contributed by atoms with Gasteiger partial charge >= 0.3 is 6.03 Å². The van der Waals surface area contributed by atoms with Crippen LogP contribution in [0.25, 0.3) is 0 Å². The van der Waals surface area contributed by atoms with E-state index < -0.39 is 0 Å². The number of hydrogen-bond acceptors (Lipinski definition) is 2. The topological polar surface area (TPSA) is 70.2 Å². The van der Waals surface area contributed by atoms with Crippen molar-refractivity contribution < 1.29 is 9.59 Å². The minimum atomic E-state index is -0.285. The molecule has 0 unspecified atom stereocenters. The third-order valence-corrected chi connectivity index (χ3v) is 2.34. The van der Waals surface area contributed by atoms with Gasteiger partial charge in [0.1, 0.15) is 0 Å². The van der Waals surface area contributed by atoms with Crippen molar-refractivity contribution in [3.05, 3.63) is 30.3 Å². The molecule has 3 amide bonds. The van der Waals surface area contributed by atoms with Crippen molar-refractivity contribution in [3.63, 3.8) is 0 Å². The first-order chi connectivity index (χ1) is 7.74. The van der Waals surface area contributed by atoms with Gasteiger partial charge in [0.25, 0.3) is 0 Å². The quantitative estimate of drug-likeness (QED) is 0.685. The van der Waals surface area contributed by atoms with Crippen molar-refractivity contribution in [2.75, 3.05) is 11.9 Å². The Morgan fingerprint density at radius 1 is 1.31 bits per heavy atom. The lowest BCUT2D eigenvalue weighted by molar-refractivity contribution is -0.119. The van der Waals surface area contributed by atoms with E-state index in [1.165, 1.54) is 0 Å². The molecule has 3 N–H and O–H groups in total. The predicted molar refractivity (Wildman–Crippen MR) is 60.0 cm³/mol. The second kappa shape index (κ2) is 4.65. The van der Waals surface area contributed by atoms with Crippen LogP contribution in [-0.4, -0.2) is 24.5 Å². The lowest BCUT2D eigenvalue weighted by Crippen LogP contribution is -2.39. The van der Waals surface area contributed by atoms with Gasteiger partial charge in [-0.15, -0.1) is 0 Å². The Bertz CT molecular complexity index is 391. The van der Waals surface area contributed by atoms with Crippen molar-refractivity contribution in [2.24, 2.45) is 0 Å². The van der Waals surface area contributed by atoms with Crippen molar-refractivity contribution in [3.8, 4) is 0 Å². The molecule has 1 fully saturated rings. The van der Waals surface area contributed by atoms with Crippen LogP contribution in [0.4, 0.5) is 10.5 Å². The van der Waals surface area contributed by atoms with Gasteiger partial charge in [0.15, 0.2) is 0 Å². The SMILES string of the molecule is O=C1C[C@@H](NC(=O)Nc2ccccc2)CN1. The number of benzene rings is 1. The van der Waals surface area contributed by atoms with Crippen LogP contribution in [0.5, 0.6) is 0 Å². The number of nitrogens with one attached hydrogen (secondary N) is 3. The Morgan fingerprint density at radius 2 is 2.06 bits per heavy atom. The van der Waals surface area contributed by atoms with Crippen molar-refractivity contribution >= 4 is 17.6 Å². The molecule has 1 aromatic rings. The van der Waals surface area contributed by atoms with Crippen LogP contribution in [-0.2, 0) is 4.79 Å².